The molecule has 0 aliphatic carbocycles. The number of carbonyl (C=O) groups is 1. The van der Waals surface area contributed by atoms with Gasteiger partial charge in [-0.2, -0.15) is 13.2 Å². The van der Waals surface area contributed by atoms with Gasteiger partial charge in [0.15, 0.2) is 0 Å². The van der Waals surface area contributed by atoms with Crippen LogP contribution in [0.2, 0.25) is 5.02 Å². The Kier molecular flexibility index (Phi) is 7.00. The van der Waals surface area contributed by atoms with Crippen molar-refractivity contribution in [3.8, 4) is 0 Å². The summed E-state index contributed by atoms with van der Waals surface area (Å²) >= 11 is 5.93. The molecule has 2 saturated heterocycles. The second kappa shape index (κ2) is 9.98. The molecule has 0 spiro atoms. The summed E-state index contributed by atoms with van der Waals surface area (Å²) in [7, 11) is 0. The molecular formula is C27H29ClF3N5O2. The fraction of sp³-hybridized carbons (Fsp3) is 0.444. The van der Waals surface area contributed by atoms with Gasteiger partial charge in [0, 0.05) is 61.3 Å². The van der Waals surface area contributed by atoms with Crippen LogP contribution in [0, 0.1) is 0 Å². The summed E-state index contributed by atoms with van der Waals surface area (Å²) in [5.41, 5.74) is 0.196. The highest BCUT2D eigenvalue weighted by Gasteiger charge is 2.38. The number of aromatic nitrogens is 2. The summed E-state index contributed by atoms with van der Waals surface area (Å²) in [6.45, 7) is 6.82. The SMILES string of the molecule is CC(C)(O)c1ccc2nc(C(F)(F)F)nc(N3CC[C@H](N4CCN(C(=O)c5ccc(Cl)cc5)CC4)C3)c2c1. The first-order valence-corrected chi connectivity index (χ1v) is 12.9. The van der Waals surface area contributed by atoms with Crippen molar-refractivity contribution in [1.82, 2.24) is 19.8 Å². The lowest BCUT2D eigenvalue weighted by Gasteiger charge is -2.38. The molecule has 2 fully saturated rings. The highest BCUT2D eigenvalue weighted by molar-refractivity contribution is 6.30. The lowest BCUT2D eigenvalue weighted by Crippen LogP contribution is -2.52. The van der Waals surface area contributed by atoms with Crippen LogP contribution in [0.25, 0.3) is 10.9 Å². The van der Waals surface area contributed by atoms with Gasteiger partial charge in [-0.1, -0.05) is 17.7 Å². The molecule has 38 heavy (non-hydrogen) atoms. The lowest BCUT2D eigenvalue weighted by atomic mass is 9.97. The van der Waals surface area contributed by atoms with Crippen molar-refractivity contribution in [1.29, 1.82) is 0 Å². The number of halogens is 4. The summed E-state index contributed by atoms with van der Waals surface area (Å²) in [6.07, 6.45) is -3.91. The number of fused-ring (bicyclic) bond motifs is 1. The molecule has 202 valence electrons. The number of hydrogen-bond acceptors (Lipinski definition) is 6. The van der Waals surface area contributed by atoms with E-state index in [1.807, 2.05) is 9.80 Å². The quantitative estimate of drug-likeness (QED) is 0.516. The Morgan fingerprint density at radius 1 is 1.00 bits per heavy atom. The third kappa shape index (κ3) is 5.43. The number of carbonyl (C=O) groups excluding carboxylic acids is 1. The van der Waals surface area contributed by atoms with E-state index in [-0.39, 0.29) is 23.3 Å². The number of rotatable bonds is 4. The Labute approximate surface area is 223 Å². The number of anilines is 1. The Morgan fingerprint density at radius 3 is 2.32 bits per heavy atom. The van der Waals surface area contributed by atoms with Crippen LogP contribution in [0.5, 0.6) is 0 Å². The van der Waals surface area contributed by atoms with E-state index in [1.54, 1.807) is 50.2 Å². The summed E-state index contributed by atoms with van der Waals surface area (Å²) in [5, 5.41) is 11.5. The van der Waals surface area contributed by atoms with Gasteiger partial charge in [0.05, 0.1) is 11.1 Å². The van der Waals surface area contributed by atoms with E-state index in [0.717, 1.165) is 6.42 Å². The van der Waals surface area contributed by atoms with E-state index < -0.39 is 17.6 Å². The van der Waals surface area contributed by atoms with Crippen LogP contribution in [-0.4, -0.2) is 76.1 Å². The van der Waals surface area contributed by atoms with Crippen LogP contribution in [0.15, 0.2) is 42.5 Å². The predicted octanol–water partition coefficient (Wildman–Crippen LogP) is 4.57. The molecule has 5 rings (SSSR count). The second-order valence-electron chi connectivity index (χ2n) is 10.4. The molecular weight excluding hydrogens is 519 g/mol. The molecule has 0 radical (unpaired) electrons. The number of piperazine rings is 1. The van der Waals surface area contributed by atoms with E-state index in [0.29, 0.717) is 60.8 Å². The van der Waals surface area contributed by atoms with Crippen molar-refractivity contribution in [3.05, 3.63) is 64.4 Å². The summed E-state index contributed by atoms with van der Waals surface area (Å²) in [6, 6.07) is 11.7. The topological polar surface area (TPSA) is 72.8 Å². The van der Waals surface area contributed by atoms with Crippen LogP contribution in [0.1, 0.15) is 42.0 Å². The zero-order chi connectivity index (χ0) is 27.2. The van der Waals surface area contributed by atoms with E-state index in [2.05, 4.69) is 14.9 Å². The molecule has 0 unspecified atom stereocenters. The minimum absolute atomic E-state index is 0.0379. The number of nitrogens with zero attached hydrogens (tertiary/aromatic N) is 5. The molecule has 1 aromatic heterocycles. The average molecular weight is 548 g/mol. The van der Waals surface area contributed by atoms with Crippen LogP contribution >= 0.6 is 11.6 Å². The van der Waals surface area contributed by atoms with Crippen molar-refractivity contribution < 1.29 is 23.1 Å². The summed E-state index contributed by atoms with van der Waals surface area (Å²) in [5.74, 6) is -0.981. The number of hydrogen-bond donors (Lipinski definition) is 1. The number of benzene rings is 2. The summed E-state index contributed by atoms with van der Waals surface area (Å²) in [4.78, 5) is 26.6. The average Bonchev–Trinajstić information content (AvgIpc) is 3.37. The highest BCUT2D eigenvalue weighted by atomic mass is 35.5. The minimum Gasteiger partial charge on any atom is -0.386 e. The first-order valence-electron chi connectivity index (χ1n) is 12.6. The van der Waals surface area contributed by atoms with Crippen LogP contribution in [0.3, 0.4) is 0 Å². The zero-order valence-electron chi connectivity index (χ0n) is 21.2. The fourth-order valence-corrected chi connectivity index (χ4v) is 5.28. The smallest absolute Gasteiger partial charge is 0.386 e. The molecule has 3 heterocycles. The van der Waals surface area contributed by atoms with Crippen molar-refractivity contribution in [2.24, 2.45) is 0 Å². The third-order valence-electron chi connectivity index (χ3n) is 7.31. The van der Waals surface area contributed by atoms with Gasteiger partial charge in [0.2, 0.25) is 5.82 Å². The van der Waals surface area contributed by atoms with E-state index in [9.17, 15) is 23.1 Å². The number of aliphatic hydroxyl groups is 1. The minimum atomic E-state index is -4.68. The number of alkyl halides is 3. The molecule has 2 aromatic carbocycles. The molecule has 1 N–H and O–H groups in total. The van der Waals surface area contributed by atoms with Crippen molar-refractivity contribution in [2.45, 2.75) is 38.1 Å². The molecule has 1 atom stereocenters. The van der Waals surface area contributed by atoms with Gasteiger partial charge in [-0.05, 0) is 62.2 Å². The Balaban J connectivity index is 1.33. The predicted molar refractivity (Wildman–Crippen MR) is 139 cm³/mol. The normalized spacial score (nSPS) is 19.4. The molecule has 3 aromatic rings. The van der Waals surface area contributed by atoms with Gasteiger partial charge in [-0.25, -0.2) is 9.97 Å². The van der Waals surface area contributed by atoms with Crippen molar-refractivity contribution >= 4 is 34.2 Å². The molecule has 0 bridgehead atoms. The zero-order valence-corrected chi connectivity index (χ0v) is 21.9. The van der Waals surface area contributed by atoms with Crippen LogP contribution < -0.4 is 4.90 Å². The van der Waals surface area contributed by atoms with Gasteiger partial charge < -0.3 is 14.9 Å². The molecule has 1 amide bonds. The third-order valence-corrected chi connectivity index (χ3v) is 7.56. The van der Waals surface area contributed by atoms with Gasteiger partial charge in [0.25, 0.3) is 5.91 Å². The first-order chi connectivity index (χ1) is 17.9. The van der Waals surface area contributed by atoms with E-state index in [4.69, 9.17) is 11.6 Å². The standard InChI is InChI=1S/C27H29ClF3N5O2/c1-26(2,38)18-5-8-22-21(15-18)23(33-25(32-22)27(29,30)31)36-10-9-20(16-36)34-11-13-35(14-12-34)24(37)17-3-6-19(28)7-4-17/h3-8,15,20,38H,9-14,16H2,1-2H3/t20-/m0/s1. The lowest BCUT2D eigenvalue weighted by molar-refractivity contribution is -0.144. The van der Waals surface area contributed by atoms with Crippen molar-refractivity contribution in [3.63, 3.8) is 0 Å². The molecule has 11 heteroatoms. The largest absolute Gasteiger partial charge is 0.451 e. The molecule has 0 saturated carbocycles. The maximum absolute atomic E-state index is 13.6. The summed E-state index contributed by atoms with van der Waals surface area (Å²) < 4.78 is 40.9. The maximum Gasteiger partial charge on any atom is 0.451 e. The van der Waals surface area contributed by atoms with Crippen molar-refractivity contribution in [2.75, 3.05) is 44.2 Å². The monoisotopic (exact) mass is 547 g/mol. The Bertz CT molecular complexity index is 1340. The van der Waals surface area contributed by atoms with Gasteiger partial charge in [-0.15, -0.1) is 0 Å². The van der Waals surface area contributed by atoms with Crippen LogP contribution in [-0.2, 0) is 11.8 Å². The van der Waals surface area contributed by atoms with E-state index >= 15 is 0 Å². The van der Waals surface area contributed by atoms with Gasteiger partial charge in [-0.3, -0.25) is 9.69 Å². The molecule has 2 aliphatic heterocycles. The first kappa shape index (κ1) is 26.6. The molecule has 7 nitrogen and oxygen atoms in total. The Hall–Kier alpha value is -2.95. The van der Waals surface area contributed by atoms with Crippen LogP contribution in [0.4, 0.5) is 19.0 Å². The second-order valence-corrected chi connectivity index (χ2v) is 10.8. The fourth-order valence-electron chi connectivity index (χ4n) is 5.16. The number of amides is 1. The maximum atomic E-state index is 13.6. The molecule has 2 aliphatic rings. The van der Waals surface area contributed by atoms with E-state index in [1.165, 1.54) is 6.07 Å². The highest BCUT2D eigenvalue weighted by Crippen LogP contribution is 2.35. The Morgan fingerprint density at radius 2 is 1.68 bits per heavy atom. The van der Waals surface area contributed by atoms with Gasteiger partial charge >= 0.3 is 6.18 Å². The van der Waals surface area contributed by atoms with Gasteiger partial charge in [0.1, 0.15) is 5.82 Å².